The maximum atomic E-state index is 12.5. The molecule has 0 saturated carbocycles. The van der Waals surface area contributed by atoms with Gasteiger partial charge in [-0.25, -0.2) is 4.79 Å². The summed E-state index contributed by atoms with van der Waals surface area (Å²) in [6, 6.07) is 5.46. The highest BCUT2D eigenvalue weighted by atomic mass is 32.1. The molecule has 1 aromatic heterocycles. The van der Waals surface area contributed by atoms with E-state index in [1.165, 1.54) is 24.8 Å². The molecule has 8 heteroatoms. The summed E-state index contributed by atoms with van der Waals surface area (Å²) in [7, 11) is 4.59. The average Bonchev–Trinajstić information content (AvgIpc) is 3.03. The third kappa shape index (κ3) is 5.00. The van der Waals surface area contributed by atoms with Gasteiger partial charge in [0.05, 0.1) is 26.9 Å². The normalized spacial score (nSPS) is 13.5. The molecule has 1 heterocycles. The summed E-state index contributed by atoms with van der Waals surface area (Å²) in [6.45, 7) is 0. The first-order chi connectivity index (χ1) is 14.1. The number of fused-ring (bicyclic) bond motifs is 1. The number of rotatable bonds is 5. The number of methoxy groups -OCH3 is 3. The Morgan fingerprint density at radius 3 is 2.41 bits per heavy atom. The van der Waals surface area contributed by atoms with E-state index in [0.717, 1.165) is 41.9 Å². The first kappa shape index (κ1) is 21.4. The monoisotopic (exact) mass is 434 g/mol. The largest absolute Gasteiger partial charge is 0.493 e. The molecule has 3 rings (SSSR count). The van der Waals surface area contributed by atoms with Crippen molar-refractivity contribution in [2.24, 2.45) is 0 Å². The van der Waals surface area contributed by atoms with Crippen LogP contribution in [0.5, 0.6) is 11.5 Å². The van der Waals surface area contributed by atoms with Crippen molar-refractivity contribution in [2.75, 3.05) is 32.0 Å². The number of hydrogen-bond donors (Lipinski definition) is 2. The van der Waals surface area contributed by atoms with Gasteiger partial charge in [-0.3, -0.25) is 0 Å². The third-order valence-corrected chi connectivity index (χ3v) is 6.34. The second-order valence-electron chi connectivity index (χ2n) is 6.76. The Labute approximate surface area is 180 Å². The topological polar surface area (TPSA) is 68.8 Å². The molecule has 6 nitrogen and oxygen atoms in total. The van der Waals surface area contributed by atoms with Crippen LogP contribution in [-0.4, -0.2) is 32.4 Å². The molecule has 156 valence electrons. The van der Waals surface area contributed by atoms with Crippen molar-refractivity contribution in [3.05, 3.63) is 34.2 Å². The number of esters is 1. The molecule has 0 amide bonds. The number of ether oxygens (including phenoxy) is 3. The quantitative estimate of drug-likeness (QED) is 0.506. The van der Waals surface area contributed by atoms with Crippen molar-refractivity contribution in [1.29, 1.82) is 0 Å². The lowest BCUT2D eigenvalue weighted by Crippen LogP contribution is -2.20. The summed E-state index contributed by atoms with van der Waals surface area (Å²) in [6.07, 6.45) is 6.53. The fraction of sp³-hybridized carbons (Fsp3) is 0.429. The smallest absolute Gasteiger partial charge is 0.341 e. The summed E-state index contributed by atoms with van der Waals surface area (Å²) in [4.78, 5) is 13.8. The molecule has 0 saturated heterocycles. The fourth-order valence-electron chi connectivity index (χ4n) is 3.50. The number of carbonyl (C=O) groups excluding carboxylic acids is 1. The Bertz CT molecular complexity index is 895. The van der Waals surface area contributed by atoms with E-state index in [0.29, 0.717) is 22.2 Å². The van der Waals surface area contributed by atoms with Crippen LogP contribution in [0.1, 0.15) is 46.5 Å². The highest BCUT2D eigenvalue weighted by molar-refractivity contribution is 7.80. The van der Waals surface area contributed by atoms with E-state index < -0.39 is 0 Å². The van der Waals surface area contributed by atoms with Crippen molar-refractivity contribution >= 4 is 45.3 Å². The molecule has 1 aromatic carbocycles. The number of thiophene rings is 1. The van der Waals surface area contributed by atoms with Crippen LogP contribution in [0.2, 0.25) is 0 Å². The van der Waals surface area contributed by atoms with Crippen molar-refractivity contribution in [3.8, 4) is 11.5 Å². The van der Waals surface area contributed by atoms with Gasteiger partial charge in [-0.1, -0.05) is 12.8 Å². The van der Waals surface area contributed by atoms with Crippen LogP contribution < -0.4 is 20.1 Å². The van der Waals surface area contributed by atoms with Crippen LogP contribution in [0.25, 0.3) is 0 Å². The maximum absolute atomic E-state index is 12.5. The van der Waals surface area contributed by atoms with Gasteiger partial charge in [0, 0.05) is 16.6 Å². The molecule has 29 heavy (non-hydrogen) atoms. The zero-order valence-corrected chi connectivity index (χ0v) is 18.6. The highest BCUT2D eigenvalue weighted by Crippen LogP contribution is 2.38. The minimum Gasteiger partial charge on any atom is -0.493 e. The third-order valence-electron chi connectivity index (χ3n) is 4.93. The fourth-order valence-corrected chi connectivity index (χ4v) is 5.07. The highest BCUT2D eigenvalue weighted by Gasteiger charge is 2.25. The van der Waals surface area contributed by atoms with Gasteiger partial charge in [0.15, 0.2) is 16.6 Å². The number of carbonyl (C=O) groups is 1. The van der Waals surface area contributed by atoms with E-state index in [9.17, 15) is 4.79 Å². The average molecular weight is 435 g/mol. The molecular formula is C21H26N2O4S2. The summed E-state index contributed by atoms with van der Waals surface area (Å²) in [5.74, 6) is 0.928. The standard InChI is InChI=1S/C21H26N2O4S2/c1-25-15-11-10-13(12-16(15)26-2)22-21(28)23-19-18(20(24)27-3)14-8-6-4-5-7-9-17(14)29-19/h10-12H,4-9H2,1-3H3,(H2,22,23,28). The van der Waals surface area contributed by atoms with Gasteiger partial charge in [-0.05, 0) is 55.6 Å². The van der Waals surface area contributed by atoms with Crippen LogP contribution in [0.4, 0.5) is 10.7 Å². The number of aryl methyl sites for hydroxylation is 1. The van der Waals surface area contributed by atoms with Gasteiger partial charge in [-0.15, -0.1) is 11.3 Å². The molecule has 1 aliphatic carbocycles. The first-order valence-electron chi connectivity index (χ1n) is 9.60. The van der Waals surface area contributed by atoms with Gasteiger partial charge in [0.2, 0.25) is 0 Å². The number of benzene rings is 1. The molecule has 2 aromatic rings. The SMILES string of the molecule is COC(=O)c1c(NC(=S)Nc2ccc(OC)c(OC)c2)sc2c1CCCCCC2. The van der Waals surface area contributed by atoms with Gasteiger partial charge >= 0.3 is 5.97 Å². The lowest BCUT2D eigenvalue weighted by atomic mass is 9.96. The van der Waals surface area contributed by atoms with Gasteiger partial charge in [0.25, 0.3) is 0 Å². The van der Waals surface area contributed by atoms with Crippen LogP contribution in [-0.2, 0) is 17.6 Å². The molecule has 1 aliphatic rings. The molecule has 0 bridgehead atoms. The minimum atomic E-state index is -0.320. The van der Waals surface area contributed by atoms with Gasteiger partial charge in [-0.2, -0.15) is 0 Å². The lowest BCUT2D eigenvalue weighted by molar-refractivity contribution is 0.0601. The van der Waals surface area contributed by atoms with Crippen molar-refractivity contribution in [1.82, 2.24) is 0 Å². The zero-order valence-electron chi connectivity index (χ0n) is 16.9. The molecule has 0 spiro atoms. The molecule has 0 unspecified atom stereocenters. The van der Waals surface area contributed by atoms with Gasteiger partial charge in [0.1, 0.15) is 5.00 Å². The number of anilines is 2. The van der Waals surface area contributed by atoms with E-state index in [-0.39, 0.29) is 5.97 Å². The van der Waals surface area contributed by atoms with E-state index in [2.05, 4.69) is 10.6 Å². The van der Waals surface area contributed by atoms with E-state index in [1.807, 2.05) is 12.1 Å². The Morgan fingerprint density at radius 1 is 1.00 bits per heavy atom. The van der Waals surface area contributed by atoms with Crippen LogP contribution >= 0.6 is 23.6 Å². The predicted octanol–water partition coefficient (Wildman–Crippen LogP) is 5.02. The Hall–Kier alpha value is -2.32. The molecule has 0 fully saturated rings. The lowest BCUT2D eigenvalue weighted by Gasteiger charge is -2.13. The van der Waals surface area contributed by atoms with Crippen molar-refractivity contribution in [2.45, 2.75) is 38.5 Å². The summed E-state index contributed by atoms with van der Waals surface area (Å²) < 4.78 is 15.7. The van der Waals surface area contributed by atoms with Crippen LogP contribution in [0, 0.1) is 0 Å². The molecular weight excluding hydrogens is 408 g/mol. The Morgan fingerprint density at radius 2 is 1.72 bits per heavy atom. The van der Waals surface area contributed by atoms with Crippen LogP contribution in [0.15, 0.2) is 18.2 Å². The first-order valence-corrected chi connectivity index (χ1v) is 10.8. The van der Waals surface area contributed by atoms with E-state index in [4.69, 9.17) is 26.4 Å². The Kier molecular flexibility index (Phi) is 7.33. The number of nitrogens with one attached hydrogen (secondary N) is 2. The van der Waals surface area contributed by atoms with Crippen molar-refractivity contribution < 1.29 is 19.0 Å². The maximum Gasteiger partial charge on any atom is 0.341 e. The van der Waals surface area contributed by atoms with Crippen molar-refractivity contribution in [3.63, 3.8) is 0 Å². The molecule has 0 atom stereocenters. The number of thiocarbonyl (C=S) groups is 1. The summed E-state index contributed by atoms with van der Waals surface area (Å²) in [5, 5.41) is 7.49. The minimum absolute atomic E-state index is 0.320. The summed E-state index contributed by atoms with van der Waals surface area (Å²) >= 11 is 7.09. The Balaban J connectivity index is 1.82. The second kappa shape index (κ2) is 9.93. The molecule has 2 N–H and O–H groups in total. The van der Waals surface area contributed by atoms with Crippen LogP contribution in [0.3, 0.4) is 0 Å². The second-order valence-corrected chi connectivity index (χ2v) is 8.28. The molecule has 0 aliphatic heterocycles. The zero-order chi connectivity index (χ0) is 20.8. The summed E-state index contributed by atoms with van der Waals surface area (Å²) in [5.41, 5.74) is 2.48. The predicted molar refractivity (Wildman–Crippen MR) is 121 cm³/mol. The van der Waals surface area contributed by atoms with E-state index in [1.54, 1.807) is 31.6 Å². The van der Waals surface area contributed by atoms with Gasteiger partial charge < -0.3 is 24.8 Å². The number of hydrogen-bond acceptors (Lipinski definition) is 6. The molecule has 0 radical (unpaired) electrons. The van der Waals surface area contributed by atoms with E-state index >= 15 is 0 Å².